The van der Waals surface area contributed by atoms with Crippen LogP contribution < -0.4 is 24.3 Å². The summed E-state index contributed by atoms with van der Waals surface area (Å²) in [6.07, 6.45) is 0. The third-order valence-electron chi connectivity index (χ3n) is 5.69. The van der Waals surface area contributed by atoms with Crippen molar-refractivity contribution in [2.45, 2.75) is 34.0 Å². The molecule has 10 nitrogen and oxygen atoms in total. The Labute approximate surface area is 231 Å². The Morgan fingerprint density at radius 1 is 0.825 bits per heavy atom. The van der Waals surface area contributed by atoms with Gasteiger partial charge in [-0.25, -0.2) is 0 Å². The minimum atomic E-state index is -0.502. The fraction of sp³-hybridized carbons (Fsp3) is 0.233. The Morgan fingerprint density at radius 2 is 1.55 bits per heavy atom. The van der Waals surface area contributed by atoms with Crippen LogP contribution in [0.1, 0.15) is 41.3 Å². The number of carbonyl (C=O) groups is 1. The number of nitro groups is 1. The summed E-state index contributed by atoms with van der Waals surface area (Å²) in [5.74, 6) is 2.11. The molecule has 1 amide bonds. The maximum Gasteiger partial charge on any atom is 0.311 e. The summed E-state index contributed by atoms with van der Waals surface area (Å²) in [6, 6.07) is 20.4. The fourth-order valence-electron chi connectivity index (χ4n) is 3.80. The number of hydrogen-bond donors (Lipinski definition) is 1. The SMILES string of the molecule is CCOc1ccc(COc2ccc(NC(=O)c3ccc(COc4ccc(C)cc4[N+](=O)[O-])o3)cc2)cc1OCC. The van der Waals surface area contributed by atoms with Gasteiger partial charge in [-0.05, 0) is 86.5 Å². The number of ether oxygens (including phenoxy) is 4. The molecule has 0 aliphatic heterocycles. The van der Waals surface area contributed by atoms with E-state index in [1.165, 1.54) is 18.2 Å². The molecule has 0 saturated heterocycles. The summed E-state index contributed by atoms with van der Waals surface area (Å²) in [4.78, 5) is 23.4. The lowest BCUT2D eigenvalue weighted by Crippen LogP contribution is -2.10. The Hall–Kier alpha value is -4.99. The van der Waals surface area contributed by atoms with Crippen molar-refractivity contribution in [1.29, 1.82) is 0 Å². The lowest BCUT2D eigenvalue weighted by atomic mass is 10.2. The molecule has 4 rings (SSSR count). The molecule has 0 unspecified atom stereocenters. The van der Waals surface area contributed by atoms with Crippen molar-refractivity contribution in [3.63, 3.8) is 0 Å². The number of carbonyl (C=O) groups excluding carboxylic acids is 1. The predicted octanol–water partition coefficient (Wildman–Crippen LogP) is 6.70. The van der Waals surface area contributed by atoms with Gasteiger partial charge in [0.25, 0.3) is 5.91 Å². The van der Waals surface area contributed by atoms with Crippen molar-refractivity contribution in [2.75, 3.05) is 18.5 Å². The van der Waals surface area contributed by atoms with Crippen molar-refractivity contribution in [2.24, 2.45) is 0 Å². The predicted molar refractivity (Wildman–Crippen MR) is 148 cm³/mol. The van der Waals surface area contributed by atoms with E-state index >= 15 is 0 Å². The fourth-order valence-corrected chi connectivity index (χ4v) is 3.80. The third-order valence-corrected chi connectivity index (χ3v) is 5.69. The largest absolute Gasteiger partial charge is 0.490 e. The number of furan rings is 1. The summed E-state index contributed by atoms with van der Waals surface area (Å²) in [5, 5.41) is 14.0. The molecule has 0 aliphatic carbocycles. The molecule has 0 saturated carbocycles. The molecule has 3 aromatic carbocycles. The van der Waals surface area contributed by atoms with Gasteiger partial charge in [0, 0.05) is 11.8 Å². The van der Waals surface area contributed by atoms with Crippen LogP contribution in [-0.4, -0.2) is 24.0 Å². The molecule has 0 atom stereocenters. The van der Waals surface area contributed by atoms with Gasteiger partial charge in [-0.15, -0.1) is 0 Å². The minimum Gasteiger partial charge on any atom is -0.490 e. The van der Waals surface area contributed by atoms with Crippen LogP contribution in [0.3, 0.4) is 0 Å². The Balaban J connectivity index is 1.30. The van der Waals surface area contributed by atoms with E-state index in [0.29, 0.717) is 48.5 Å². The highest BCUT2D eigenvalue weighted by molar-refractivity contribution is 6.02. The van der Waals surface area contributed by atoms with Crippen LogP contribution in [0, 0.1) is 17.0 Å². The minimum absolute atomic E-state index is 0.0658. The monoisotopic (exact) mass is 546 g/mol. The molecule has 0 spiro atoms. The summed E-state index contributed by atoms with van der Waals surface area (Å²) >= 11 is 0. The highest BCUT2D eigenvalue weighted by atomic mass is 16.6. The first-order chi connectivity index (χ1) is 19.4. The maximum absolute atomic E-state index is 12.6. The molecule has 0 radical (unpaired) electrons. The number of hydrogen-bond acceptors (Lipinski definition) is 8. The lowest BCUT2D eigenvalue weighted by Gasteiger charge is -2.13. The molecule has 1 aromatic heterocycles. The number of nitro benzene ring substituents is 1. The van der Waals surface area contributed by atoms with Gasteiger partial charge in [0.2, 0.25) is 0 Å². The summed E-state index contributed by atoms with van der Waals surface area (Å²) < 4.78 is 28.3. The molecular formula is C30H30N2O8. The molecule has 0 bridgehead atoms. The molecule has 10 heteroatoms. The number of aryl methyl sites for hydroxylation is 1. The average molecular weight is 547 g/mol. The number of rotatable bonds is 13. The Kier molecular flexibility index (Phi) is 9.24. The van der Waals surface area contributed by atoms with Gasteiger partial charge >= 0.3 is 5.69 Å². The van der Waals surface area contributed by atoms with E-state index in [9.17, 15) is 14.9 Å². The smallest absolute Gasteiger partial charge is 0.311 e. The van der Waals surface area contributed by atoms with E-state index < -0.39 is 10.8 Å². The first-order valence-electron chi connectivity index (χ1n) is 12.8. The molecule has 208 valence electrons. The third kappa shape index (κ3) is 7.31. The van der Waals surface area contributed by atoms with Gasteiger partial charge in [0.15, 0.2) is 23.0 Å². The first-order valence-corrected chi connectivity index (χ1v) is 12.8. The number of nitrogens with zero attached hydrogens (tertiary/aromatic N) is 1. The van der Waals surface area contributed by atoms with Crippen LogP contribution in [0.15, 0.2) is 77.2 Å². The quantitative estimate of drug-likeness (QED) is 0.145. The van der Waals surface area contributed by atoms with Crippen molar-refractivity contribution in [3.05, 3.63) is 106 Å². The summed E-state index contributed by atoms with van der Waals surface area (Å²) in [7, 11) is 0. The molecule has 0 aliphatic rings. The second kappa shape index (κ2) is 13.2. The van der Waals surface area contributed by atoms with Crippen LogP contribution in [0.4, 0.5) is 11.4 Å². The van der Waals surface area contributed by atoms with E-state index in [1.807, 2.05) is 32.0 Å². The summed E-state index contributed by atoms with van der Waals surface area (Å²) in [5.41, 5.74) is 2.10. The highest BCUT2D eigenvalue weighted by Gasteiger charge is 2.17. The molecule has 40 heavy (non-hydrogen) atoms. The second-order valence-corrected chi connectivity index (χ2v) is 8.70. The van der Waals surface area contributed by atoms with Crippen LogP contribution >= 0.6 is 0 Å². The van der Waals surface area contributed by atoms with E-state index in [4.69, 9.17) is 23.4 Å². The van der Waals surface area contributed by atoms with Crippen LogP contribution in [0.2, 0.25) is 0 Å². The lowest BCUT2D eigenvalue weighted by molar-refractivity contribution is -0.386. The molecule has 1 heterocycles. The molecular weight excluding hydrogens is 516 g/mol. The van der Waals surface area contributed by atoms with E-state index in [2.05, 4.69) is 5.32 Å². The topological polar surface area (TPSA) is 122 Å². The van der Waals surface area contributed by atoms with Crippen molar-refractivity contribution < 1.29 is 33.1 Å². The van der Waals surface area contributed by atoms with Gasteiger partial charge < -0.3 is 28.7 Å². The van der Waals surface area contributed by atoms with E-state index in [1.54, 1.807) is 43.3 Å². The van der Waals surface area contributed by atoms with Crippen molar-refractivity contribution in [1.82, 2.24) is 0 Å². The van der Waals surface area contributed by atoms with Crippen LogP contribution in [0.25, 0.3) is 0 Å². The number of nitrogens with one attached hydrogen (secondary N) is 1. The molecule has 0 fully saturated rings. The second-order valence-electron chi connectivity index (χ2n) is 8.70. The van der Waals surface area contributed by atoms with Gasteiger partial charge in [0.05, 0.1) is 18.1 Å². The van der Waals surface area contributed by atoms with E-state index in [-0.39, 0.29) is 23.8 Å². The van der Waals surface area contributed by atoms with Gasteiger partial charge in [-0.3, -0.25) is 14.9 Å². The van der Waals surface area contributed by atoms with E-state index in [0.717, 1.165) is 11.1 Å². The number of anilines is 1. The van der Waals surface area contributed by atoms with Gasteiger partial charge in [-0.1, -0.05) is 12.1 Å². The number of amides is 1. The normalized spacial score (nSPS) is 10.6. The zero-order valence-corrected chi connectivity index (χ0v) is 22.5. The van der Waals surface area contributed by atoms with Crippen LogP contribution in [0.5, 0.6) is 23.0 Å². The zero-order valence-electron chi connectivity index (χ0n) is 22.5. The van der Waals surface area contributed by atoms with Crippen molar-refractivity contribution >= 4 is 17.3 Å². The number of benzene rings is 3. The first kappa shape index (κ1) is 28.0. The maximum atomic E-state index is 12.6. The van der Waals surface area contributed by atoms with Crippen LogP contribution in [-0.2, 0) is 13.2 Å². The van der Waals surface area contributed by atoms with Gasteiger partial charge in [-0.2, -0.15) is 0 Å². The Morgan fingerprint density at radius 3 is 2.27 bits per heavy atom. The van der Waals surface area contributed by atoms with Crippen molar-refractivity contribution in [3.8, 4) is 23.0 Å². The van der Waals surface area contributed by atoms with Gasteiger partial charge in [0.1, 0.15) is 24.7 Å². The standard InChI is InChI=1S/C30H30N2O8/c1-4-36-27-14-7-21(17-29(27)37-5-2)18-38-23-10-8-22(9-11-23)31-30(33)28-15-12-24(40-28)19-39-26-13-6-20(3)16-25(26)32(34)35/h6-17H,4-5,18-19H2,1-3H3,(H,31,33). The average Bonchev–Trinajstić information content (AvgIpc) is 3.43. The Bertz CT molecular complexity index is 1460. The zero-order chi connectivity index (χ0) is 28.5. The highest BCUT2D eigenvalue weighted by Crippen LogP contribution is 2.30. The molecule has 1 N–H and O–H groups in total. The molecule has 4 aromatic rings. The summed E-state index contributed by atoms with van der Waals surface area (Å²) in [6.45, 7) is 6.95.